The first-order valence-electron chi connectivity index (χ1n) is 8.51. The van der Waals surface area contributed by atoms with Gasteiger partial charge in [0.15, 0.2) is 0 Å². The molecule has 1 atom stereocenters. The second kappa shape index (κ2) is 7.58. The minimum absolute atomic E-state index is 0.880. The molecule has 1 aliphatic rings. The number of benzene rings is 1. The van der Waals surface area contributed by atoms with Crippen molar-refractivity contribution in [3.63, 3.8) is 0 Å². The Morgan fingerprint density at radius 1 is 1.09 bits per heavy atom. The molecule has 0 N–H and O–H groups in total. The summed E-state index contributed by atoms with van der Waals surface area (Å²) in [6, 6.07) is 13.2. The van der Waals surface area contributed by atoms with E-state index < -0.39 is 0 Å². The zero-order chi connectivity index (χ0) is 15.4. The standard InChI is InChI=1S/C20H24IN/c1-2-3-4-5-15-6-12-20-17(14-15)9-13-19(22-20)16-7-10-18(21)11-8-16/h7-11,13,15H,2-6,12,14H2,1H3. The Hall–Kier alpha value is -0.900. The van der Waals surface area contributed by atoms with Crippen molar-refractivity contribution in [3.05, 3.63) is 51.2 Å². The first kappa shape index (κ1) is 16.0. The number of hydrogen-bond donors (Lipinski definition) is 0. The molecule has 0 fully saturated rings. The minimum atomic E-state index is 0.880. The molecule has 1 aromatic carbocycles. The Labute approximate surface area is 147 Å². The van der Waals surface area contributed by atoms with E-state index in [1.54, 1.807) is 0 Å². The van der Waals surface area contributed by atoms with Crippen LogP contribution in [0.25, 0.3) is 11.3 Å². The highest BCUT2D eigenvalue weighted by atomic mass is 127. The SMILES string of the molecule is CCCCCC1CCc2nc(-c3ccc(I)cc3)ccc2C1. The lowest BCUT2D eigenvalue weighted by Gasteiger charge is -2.24. The summed E-state index contributed by atoms with van der Waals surface area (Å²) in [6.45, 7) is 2.28. The van der Waals surface area contributed by atoms with E-state index >= 15 is 0 Å². The molecule has 0 radical (unpaired) electrons. The van der Waals surface area contributed by atoms with Gasteiger partial charge in [-0.3, -0.25) is 4.98 Å². The maximum atomic E-state index is 4.94. The number of fused-ring (bicyclic) bond motifs is 1. The van der Waals surface area contributed by atoms with Crippen LogP contribution in [0, 0.1) is 9.49 Å². The molecule has 3 rings (SSSR count). The zero-order valence-corrected chi connectivity index (χ0v) is 15.5. The predicted molar refractivity (Wildman–Crippen MR) is 102 cm³/mol. The van der Waals surface area contributed by atoms with Crippen LogP contribution < -0.4 is 0 Å². The third kappa shape index (κ3) is 3.89. The van der Waals surface area contributed by atoms with E-state index in [1.807, 2.05) is 0 Å². The number of aromatic nitrogens is 1. The topological polar surface area (TPSA) is 12.9 Å². The van der Waals surface area contributed by atoms with Gasteiger partial charge in [-0.05, 0) is 71.5 Å². The number of rotatable bonds is 5. The summed E-state index contributed by atoms with van der Waals surface area (Å²) < 4.78 is 1.27. The van der Waals surface area contributed by atoms with Gasteiger partial charge in [-0.2, -0.15) is 0 Å². The fraction of sp³-hybridized carbons (Fsp3) is 0.450. The molecule has 0 aliphatic heterocycles. The Morgan fingerprint density at radius 2 is 1.91 bits per heavy atom. The maximum absolute atomic E-state index is 4.94. The van der Waals surface area contributed by atoms with E-state index in [0.717, 1.165) is 18.0 Å². The van der Waals surface area contributed by atoms with E-state index in [1.165, 1.54) is 58.9 Å². The van der Waals surface area contributed by atoms with Gasteiger partial charge in [-0.15, -0.1) is 0 Å². The third-order valence-corrected chi connectivity index (χ3v) is 5.44. The van der Waals surface area contributed by atoms with Crippen LogP contribution in [0.4, 0.5) is 0 Å². The highest BCUT2D eigenvalue weighted by Crippen LogP contribution is 2.30. The second-order valence-corrected chi connectivity index (χ2v) is 7.66. The van der Waals surface area contributed by atoms with Crippen LogP contribution in [-0.4, -0.2) is 4.98 Å². The summed E-state index contributed by atoms with van der Waals surface area (Å²) in [7, 11) is 0. The van der Waals surface area contributed by atoms with E-state index in [4.69, 9.17) is 4.98 Å². The molecule has 1 aromatic heterocycles. The van der Waals surface area contributed by atoms with Crippen molar-refractivity contribution in [2.45, 2.75) is 51.9 Å². The quantitative estimate of drug-likeness (QED) is 0.437. The molecule has 2 aromatic rings. The maximum Gasteiger partial charge on any atom is 0.0705 e. The van der Waals surface area contributed by atoms with Crippen molar-refractivity contribution in [1.82, 2.24) is 4.98 Å². The summed E-state index contributed by atoms with van der Waals surface area (Å²) in [4.78, 5) is 4.94. The van der Waals surface area contributed by atoms with Gasteiger partial charge in [-0.25, -0.2) is 0 Å². The van der Waals surface area contributed by atoms with E-state index in [-0.39, 0.29) is 0 Å². The van der Waals surface area contributed by atoms with Crippen molar-refractivity contribution < 1.29 is 0 Å². The van der Waals surface area contributed by atoms with Gasteiger partial charge in [0.05, 0.1) is 5.69 Å². The number of aryl methyl sites for hydroxylation is 1. The van der Waals surface area contributed by atoms with Crippen LogP contribution >= 0.6 is 22.6 Å². The Morgan fingerprint density at radius 3 is 2.68 bits per heavy atom. The molecule has 116 valence electrons. The summed E-state index contributed by atoms with van der Waals surface area (Å²) >= 11 is 2.35. The van der Waals surface area contributed by atoms with Crippen molar-refractivity contribution in [1.29, 1.82) is 0 Å². The lowest BCUT2D eigenvalue weighted by Crippen LogP contribution is -2.15. The number of pyridine rings is 1. The van der Waals surface area contributed by atoms with E-state index in [0.29, 0.717) is 0 Å². The molecule has 0 saturated heterocycles. The minimum Gasteiger partial charge on any atom is -0.253 e. The van der Waals surface area contributed by atoms with Gasteiger partial charge in [0.2, 0.25) is 0 Å². The second-order valence-electron chi connectivity index (χ2n) is 6.41. The fourth-order valence-electron chi connectivity index (χ4n) is 3.40. The number of hydrogen-bond acceptors (Lipinski definition) is 1. The van der Waals surface area contributed by atoms with E-state index in [9.17, 15) is 0 Å². The predicted octanol–water partition coefficient (Wildman–Crippen LogP) is 6.04. The normalized spacial score (nSPS) is 17.3. The van der Waals surface area contributed by atoms with E-state index in [2.05, 4.69) is 65.9 Å². The summed E-state index contributed by atoms with van der Waals surface area (Å²) in [5, 5.41) is 0. The van der Waals surface area contributed by atoms with Crippen molar-refractivity contribution in [3.8, 4) is 11.3 Å². The van der Waals surface area contributed by atoms with Crippen molar-refractivity contribution in [2.75, 3.05) is 0 Å². The Balaban J connectivity index is 1.72. The molecule has 0 saturated carbocycles. The fourth-order valence-corrected chi connectivity index (χ4v) is 3.76. The van der Waals surface area contributed by atoms with Crippen LogP contribution in [0.1, 0.15) is 50.3 Å². The third-order valence-electron chi connectivity index (χ3n) is 4.72. The highest BCUT2D eigenvalue weighted by Gasteiger charge is 2.19. The van der Waals surface area contributed by atoms with Crippen LogP contribution in [0.5, 0.6) is 0 Å². The average molecular weight is 405 g/mol. The molecule has 1 nitrogen and oxygen atoms in total. The van der Waals surface area contributed by atoms with Crippen LogP contribution in [-0.2, 0) is 12.8 Å². The van der Waals surface area contributed by atoms with Gasteiger partial charge >= 0.3 is 0 Å². The van der Waals surface area contributed by atoms with Gasteiger partial charge in [-0.1, -0.05) is 50.8 Å². The molecule has 1 heterocycles. The average Bonchev–Trinajstić information content (AvgIpc) is 2.55. The smallest absolute Gasteiger partial charge is 0.0705 e. The summed E-state index contributed by atoms with van der Waals surface area (Å²) in [5.41, 5.74) is 5.18. The molecule has 22 heavy (non-hydrogen) atoms. The van der Waals surface area contributed by atoms with Crippen molar-refractivity contribution in [2.24, 2.45) is 5.92 Å². The van der Waals surface area contributed by atoms with Gasteiger partial charge in [0.25, 0.3) is 0 Å². The summed E-state index contributed by atoms with van der Waals surface area (Å²) in [5.74, 6) is 0.880. The molecule has 2 heteroatoms. The number of halogens is 1. The van der Waals surface area contributed by atoms with Gasteiger partial charge in [0, 0.05) is 14.8 Å². The van der Waals surface area contributed by atoms with Crippen molar-refractivity contribution >= 4 is 22.6 Å². The Kier molecular flexibility index (Phi) is 5.51. The van der Waals surface area contributed by atoms with Crippen LogP contribution in [0.15, 0.2) is 36.4 Å². The monoisotopic (exact) mass is 405 g/mol. The highest BCUT2D eigenvalue weighted by molar-refractivity contribution is 14.1. The largest absolute Gasteiger partial charge is 0.253 e. The Bertz CT molecular complexity index is 618. The molecule has 1 unspecified atom stereocenters. The van der Waals surface area contributed by atoms with Crippen LogP contribution in [0.3, 0.4) is 0 Å². The van der Waals surface area contributed by atoms with Gasteiger partial charge < -0.3 is 0 Å². The lowest BCUT2D eigenvalue weighted by molar-refractivity contribution is 0.404. The van der Waals surface area contributed by atoms with Gasteiger partial charge in [0.1, 0.15) is 0 Å². The molecule has 0 bridgehead atoms. The molecule has 1 aliphatic carbocycles. The first-order chi connectivity index (χ1) is 10.8. The number of unbranched alkanes of at least 4 members (excludes halogenated alkanes) is 2. The van der Waals surface area contributed by atoms with Crippen LogP contribution in [0.2, 0.25) is 0 Å². The lowest BCUT2D eigenvalue weighted by atomic mass is 9.83. The first-order valence-corrected chi connectivity index (χ1v) is 9.59. The molecule has 0 amide bonds. The zero-order valence-electron chi connectivity index (χ0n) is 13.3. The molecular formula is C20H24IN. The molecular weight excluding hydrogens is 381 g/mol. The molecule has 0 spiro atoms. The summed E-state index contributed by atoms with van der Waals surface area (Å²) in [6.07, 6.45) is 9.21. The number of nitrogens with zero attached hydrogens (tertiary/aromatic N) is 1.